The van der Waals surface area contributed by atoms with Gasteiger partial charge in [-0.1, -0.05) is 18.5 Å². The van der Waals surface area contributed by atoms with Gasteiger partial charge < -0.3 is 0 Å². The SMILES string of the molecule is CCC1=C(Cl)C(C)N(C)N1N. The van der Waals surface area contributed by atoms with Crippen molar-refractivity contribution in [2.24, 2.45) is 5.84 Å². The highest BCUT2D eigenvalue weighted by atomic mass is 35.5. The molecule has 11 heavy (non-hydrogen) atoms. The molecule has 1 aliphatic rings. The first-order valence-corrected chi connectivity index (χ1v) is 4.13. The van der Waals surface area contributed by atoms with Crippen molar-refractivity contribution in [3.63, 3.8) is 0 Å². The summed E-state index contributed by atoms with van der Waals surface area (Å²) in [6.45, 7) is 4.08. The molecule has 0 amide bonds. The number of hydrogen-bond donors (Lipinski definition) is 1. The highest BCUT2D eigenvalue weighted by Crippen LogP contribution is 2.29. The van der Waals surface area contributed by atoms with Crippen LogP contribution in [0.15, 0.2) is 10.7 Å². The molecule has 0 bridgehead atoms. The smallest absolute Gasteiger partial charge is 0.0651 e. The minimum absolute atomic E-state index is 0.219. The quantitative estimate of drug-likeness (QED) is 0.610. The van der Waals surface area contributed by atoms with Crippen molar-refractivity contribution in [1.29, 1.82) is 0 Å². The molecular formula is C7H14ClN3. The zero-order chi connectivity index (χ0) is 8.59. The molecule has 1 rings (SSSR count). The lowest BCUT2D eigenvalue weighted by Crippen LogP contribution is -2.42. The highest BCUT2D eigenvalue weighted by molar-refractivity contribution is 6.30. The third-order valence-electron chi connectivity index (χ3n) is 2.15. The van der Waals surface area contributed by atoms with Gasteiger partial charge in [-0.3, -0.25) is 0 Å². The van der Waals surface area contributed by atoms with E-state index in [-0.39, 0.29) is 6.04 Å². The van der Waals surface area contributed by atoms with Crippen LogP contribution < -0.4 is 5.84 Å². The van der Waals surface area contributed by atoms with E-state index in [9.17, 15) is 0 Å². The lowest BCUT2D eigenvalue weighted by molar-refractivity contribution is 0.0376. The fourth-order valence-electron chi connectivity index (χ4n) is 1.22. The van der Waals surface area contributed by atoms with E-state index < -0.39 is 0 Å². The average molecular weight is 176 g/mol. The number of rotatable bonds is 1. The molecule has 3 nitrogen and oxygen atoms in total. The van der Waals surface area contributed by atoms with E-state index in [2.05, 4.69) is 0 Å². The molecule has 0 aromatic heterocycles. The van der Waals surface area contributed by atoms with Crippen molar-refractivity contribution in [3.05, 3.63) is 10.7 Å². The number of likely N-dealkylation sites (N-methyl/N-ethyl adjacent to an activating group) is 1. The van der Waals surface area contributed by atoms with Crippen molar-refractivity contribution in [1.82, 2.24) is 10.1 Å². The van der Waals surface area contributed by atoms with Crippen LogP contribution in [-0.4, -0.2) is 23.2 Å². The van der Waals surface area contributed by atoms with E-state index in [4.69, 9.17) is 17.4 Å². The maximum Gasteiger partial charge on any atom is 0.0651 e. The van der Waals surface area contributed by atoms with Crippen LogP contribution in [0, 0.1) is 0 Å². The first kappa shape index (κ1) is 8.84. The molecule has 1 heterocycles. The van der Waals surface area contributed by atoms with E-state index in [0.717, 1.165) is 17.2 Å². The van der Waals surface area contributed by atoms with Crippen molar-refractivity contribution in [2.45, 2.75) is 26.3 Å². The number of hydrogen-bond acceptors (Lipinski definition) is 3. The first-order chi connectivity index (χ1) is 5.09. The van der Waals surface area contributed by atoms with Crippen LogP contribution in [0.4, 0.5) is 0 Å². The molecule has 64 valence electrons. The maximum absolute atomic E-state index is 6.03. The molecule has 1 atom stereocenters. The molecular weight excluding hydrogens is 162 g/mol. The Bertz CT molecular complexity index is 190. The molecule has 0 spiro atoms. The van der Waals surface area contributed by atoms with Crippen LogP contribution in [0.3, 0.4) is 0 Å². The van der Waals surface area contributed by atoms with E-state index >= 15 is 0 Å². The minimum atomic E-state index is 0.219. The Hall–Kier alpha value is -0.250. The fourth-order valence-corrected chi connectivity index (χ4v) is 1.58. The third kappa shape index (κ3) is 1.24. The summed E-state index contributed by atoms with van der Waals surface area (Å²) in [5.74, 6) is 5.73. The number of allylic oxidation sites excluding steroid dienone is 1. The lowest BCUT2D eigenvalue weighted by atomic mass is 10.2. The Morgan fingerprint density at radius 2 is 2.18 bits per heavy atom. The zero-order valence-electron chi connectivity index (χ0n) is 7.13. The second-order valence-corrected chi connectivity index (χ2v) is 3.15. The minimum Gasteiger partial charge on any atom is -0.244 e. The monoisotopic (exact) mass is 175 g/mol. The average Bonchev–Trinajstić information content (AvgIpc) is 2.17. The Morgan fingerprint density at radius 1 is 1.64 bits per heavy atom. The topological polar surface area (TPSA) is 32.5 Å². The Labute approximate surface area is 72.3 Å². The van der Waals surface area contributed by atoms with Crippen molar-refractivity contribution in [3.8, 4) is 0 Å². The van der Waals surface area contributed by atoms with Gasteiger partial charge in [-0.05, 0) is 13.3 Å². The normalized spacial score (nSPS) is 27.0. The summed E-state index contributed by atoms with van der Waals surface area (Å²) in [5.41, 5.74) is 1.02. The molecule has 0 saturated heterocycles. The number of halogens is 1. The standard InChI is InChI=1S/C7H14ClN3/c1-4-6-7(8)5(2)10(3)11(6)9/h5H,4,9H2,1-3H3. The summed E-state index contributed by atoms with van der Waals surface area (Å²) in [5, 5.41) is 4.39. The maximum atomic E-state index is 6.03. The van der Waals surface area contributed by atoms with Gasteiger partial charge in [0.25, 0.3) is 0 Å². The largest absolute Gasteiger partial charge is 0.244 e. The van der Waals surface area contributed by atoms with Gasteiger partial charge in [-0.25, -0.2) is 16.0 Å². The summed E-state index contributed by atoms with van der Waals surface area (Å²) in [4.78, 5) is 0. The van der Waals surface area contributed by atoms with Crippen LogP contribution in [-0.2, 0) is 0 Å². The summed E-state index contributed by atoms with van der Waals surface area (Å²) in [6, 6.07) is 0.219. The Morgan fingerprint density at radius 3 is 2.36 bits per heavy atom. The van der Waals surface area contributed by atoms with E-state index in [1.807, 2.05) is 25.9 Å². The number of nitrogens with zero attached hydrogens (tertiary/aromatic N) is 2. The molecule has 4 heteroatoms. The molecule has 0 aliphatic carbocycles. The summed E-state index contributed by atoms with van der Waals surface area (Å²) < 4.78 is 0. The van der Waals surface area contributed by atoms with Gasteiger partial charge in [0.1, 0.15) is 0 Å². The first-order valence-electron chi connectivity index (χ1n) is 3.75. The lowest BCUT2D eigenvalue weighted by Gasteiger charge is -2.25. The number of nitrogens with two attached hydrogens (primary N) is 1. The Kier molecular flexibility index (Phi) is 2.42. The molecule has 0 aromatic rings. The van der Waals surface area contributed by atoms with Crippen LogP contribution in [0.5, 0.6) is 0 Å². The van der Waals surface area contributed by atoms with Gasteiger partial charge in [0.05, 0.1) is 16.8 Å². The van der Waals surface area contributed by atoms with Crippen molar-refractivity contribution in [2.75, 3.05) is 7.05 Å². The van der Waals surface area contributed by atoms with Crippen LogP contribution >= 0.6 is 11.6 Å². The van der Waals surface area contributed by atoms with Crippen LogP contribution in [0.1, 0.15) is 20.3 Å². The van der Waals surface area contributed by atoms with Gasteiger partial charge in [0.15, 0.2) is 0 Å². The molecule has 1 aliphatic heterocycles. The highest BCUT2D eigenvalue weighted by Gasteiger charge is 2.29. The van der Waals surface area contributed by atoms with E-state index in [1.165, 1.54) is 0 Å². The van der Waals surface area contributed by atoms with Gasteiger partial charge >= 0.3 is 0 Å². The predicted octanol–water partition coefficient (Wildman–Crippen LogP) is 1.27. The molecule has 0 aromatic carbocycles. The van der Waals surface area contributed by atoms with Crippen molar-refractivity contribution < 1.29 is 0 Å². The summed E-state index contributed by atoms with van der Waals surface area (Å²) >= 11 is 6.03. The fraction of sp³-hybridized carbons (Fsp3) is 0.714. The molecule has 0 saturated carbocycles. The molecule has 0 fully saturated rings. The predicted molar refractivity (Wildman–Crippen MR) is 46.4 cm³/mol. The van der Waals surface area contributed by atoms with Crippen LogP contribution in [0.2, 0.25) is 0 Å². The van der Waals surface area contributed by atoms with Gasteiger partial charge in [-0.15, -0.1) is 0 Å². The Balaban J connectivity index is 2.88. The van der Waals surface area contributed by atoms with Gasteiger partial charge in [0.2, 0.25) is 0 Å². The van der Waals surface area contributed by atoms with Gasteiger partial charge in [-0.2, -0.15) is 0 Å². The molecule has 0 radical (unpaired) electrons. The van der Waals surface area contributed by atoms with Gasteiger partial charge in [0, 0.05) is 7.05 Å². The zero-order valence-corrected chi connectivity index (χ0v) is 7.89. The van der Waals surface area contributed by atoms with E-state index in [0.29, 0.717) is 0 Å². The number of hydrazine groups is 2. The summed E-state index contributed by atoms with van der Waals surface area (Å²) in [6.07, 6.45) is 0.879. The van der Waals surface area contributed by atoms with E-state index in [1.54, 1.807) is 5.12 Å². The van der Waals surface area contributed by atoms with Crippen LogP contribution in [0.25, 0.3) is 0 Å². The second-order valence-electron chi connectivity index (χ2n) is 2.74. The third-order valence-corrected chi connectivity index (χ3v) is 2.69. The summed E-state index contributed by atoms with van der Waals surface area (Å²) in [7, 11) is 1.93. The van der Waals surface area contributed by atoms with Crippen molar-refractivity contribution >= 4 is 11.6 Å². The molecule has 2 N–H and O–H groups in total. The molecule has 1 unspecified atom stereocenters. The second kappa shape index (κ2) is 3.01.